The second-order valence-corrected chi connectivity index (χ2v) is 4.89. The number of carboxylic acids is 1. The first-order valence-electron chi connectivity index (χ1n) is 6.62. The predicted octanol–water partition coefficient (Wildman–Crippen LogP) is 1.19. The average Bonchev–Trinajstić information content (AvgIpc) is 2.33. The third-order valence-electron chi connectivity index (χ3n) is 3.36. The highest BCUT2D eigenvalue weighted by atomic mass is 16.5. The van der Waals surface area contributed by atoms with Gasteiger partial charge in [0.25, 0.3) is 0 Å². The van der Waals surface area contributed by atoms with Crippen LogP contribution in [0.1, 0.15) is 34.1 Å². The molecule has 0 aromatic rings. The molecular formula is C13H28N2O3. The first-order valence-corrected chi connectivity index (χ1v) is 6.62. The first-order chi connectivity index (χ1) is 8.41. The third kappa shape index (κ3) is 5.33. The average molecular weight is 260 g/mol. The van der Waals surface area contributed by atoms with E-state index in [4.69, 9.17) is 4.74 Å². The lowest BCUT2D eigenvalue weighted by Crippen LogP contribution is -2.58. The van der Waals surface area contributed by atoms with Gasteiger partial charge in [-0.1, -0.05) is 13.8 Å². The summed E-state index contributed by atoms with van der Waals surface area (Å²) in [6, 6.07) is 0.345. The number of carboxylic acid groups (broad SMARTS) is 1. The molecule has 18 heavy (non-hydrogen) atoms. The van der Waals surface area contributed by atoms with Crippen molar-refractivity contribution in [1.29, 1.82) is 0 Å². The van der Waals surface area contributed by atoms with Crippen LogP contribution in [0.4, 0.5) is 0 Å². The minimum atomic E-state index is -0.911. The van der Waals surface area contributed by atoms with Crippen molar-refractivity contribution in [2.75, 3.05) is 33.4 Å². The van der Waals surface area contributed by atoms with Gasteiger partial charge in [-0.05, 0) is 26.8 Å². The maximum atomic E-state index is 11.4. The molecule has 0 aliphatic carbocycles. The Bertz CT molecular complexity index is 248. The molecule has 0 aliphatic heterocycles. The summed E-state index contributed by atoms with van der Waals surface area (Å²) in [5.74, 6) is -0.810. The Morgan fingerprint density at radius 3 is 2.50 bits per heavy atom. The highest BCUT2D eigenvalue weighted by Crippen LogP contribution is 2.12. The molecular weight excluding hydrogens is 232 g/mol. The standard InChI is InChI=1S/C13H28N2O3/c1-6-11(3)15(8-9-18-5)10-13(4,12(16)17)14-7-2/h11,14H,6-10H2,1-5H3,(H,16,17). The van der Waals surface area contributed by atoms with E-state index in [0.29, 0.717) is 25.7 Å². The van der Waals surface area contributed by atoms with Crippen LogP contribution in [0.5, 0.6) is 0 Å². The second kappa shape index (κ2) is 8.45. The number of carbonyl (C=O) groups is 1. The van der Waals surface area contributed by atoms with Crippen LogP contribution in [0.3, 0.4) is 0 Å². The Hall–Kier alpha value is -0.650. The largest absolute Gasteiger partial charge is 0.480 e. The summed E-state index contributed by atoms with van der Waals surface area (Å²) in [4.78, 5) is 13.6. The van der Waals surface area contributed by atoms with Gasteiger partial charge in [0.05, 0.1) is 6.61 Å². The number of hydrogen-bond acceptors (Lipinski definition) is 4. The van der Waals surface area contributed by atoms with Gasteiger partial charge in [0, 0.05) is 26.2 Å². The van der Waals surface area contributed by atoms with Gasteiger partial charge >= 0.3 is 5.97 Å². The Morgan fingerprint density at radius 1 is 1.50 bits per heavy atom. The summed E-state index contributed by atoms with van der Waals surface area (Å²) >= 11 is 0. The molecule has 0 radical (unpaired) electrons. The molecule has 5 heteroatoms. The molecule has 2 unspecified atom stereocenters. The summed E-state index contributed by atoms with van der Waals surface area (Å²) in [5.41, 5.74) is -0.911. The van der Waals surface area contributed by atoms with Crippen molar-refractivity contribution in [2.24, 2.45) is 0 Å². The van der Waals surface area contributed by atoms with Crippen molar-refractivity contribution in [1.82, 2.24) is 10.2 Å². The lowest BCUT2D eigenvalue weighted by atomic mass is 10.0. The molecule has 0 aromatic carbocycles. The number of likely N-dealkylation sites (N-methyl/N-ethyl adjacent to an activating group) is 1. The molecule has 108 valence electrons. The molecule has 0 saturated heterocycles. The van der Waals surface area contributed by atoms with Crippen molar-refractivity contribution in [2.45, 2.75) is 45.7 Å². The number of nitrogens with zero attached hydrogens (tertiary/aromatic N) is 1. The van der Waals surface area contributed by atoms with Gasteiger partial charge in [-0.3, -0.25) is 9.69 Å². The van der Waals surface area contributed by atoms with E-state index < -0.39 is 11.5 Å². The third-order valence-corrected chi connectivity index (χ3v) is 3.36. The topological polar surface area (TPSA) is 61.8 Å². The monoisotopic (exact) mass is 260 g/mol. The van der Waals surface area contributed by atoms with Crippen LogP contribution in [0.15, 0.2) is 0 Å². The SMILES string of the molecule is CCNC(C)(CN(CCOC)C(C)CC)C(=O)O. The van der Waals surface area contributed by atoms with Crippen molar-refractivity contribution >= 4 is 5.97 Å². The Morgan fingerprint density at radius 2 is 2.11 bits per heavy atom. The molecule has 0 bridgehead atoms. The quantitative estimate of drug-likeness (QED) is 0.618. The Balaban J connectivity index is 4.73. The zero-order chi connectivity index (χ0) is 14.2. The van der Waals surface area contributed by atoms with Gasteiger partial charge in [-0.15, -0.1) is 0 Å². The molecule has 2 N–H and O–H groups in total. The van der Waals surface area contributed by atoms with Gasteiger partial charge < -0.3 is 15.2 Å². The molecule has 0 heterocycles. The van der Waals surface area contributed by atoms with Crippen LogP contribution >= 0.6 is 0 Å². The maximum Gasteiger partial charge on any atom is 0.324 e. The number of rotatable bonds is 10. The van der Waals surface area contributed by atoms with E-state index in [2.05, 4.69) is 24.1 Å². The molecule has 0 rings (SSSR count). The van der Waals surface area contributed by atoms with Gasteiger partial charge in [-0.2, -0.15) is 0 Å². The van der Waals surface area contributed by atoms with Crippen LogP contribution in [-0.2, 0) is 9.53 Å². The molecule has 0 amide bonds. The van der Waals surface area contributed by atoms with Crippen molar-refractivity contribution in [3.63, 3.8) is 0 Å². The minimum absolute atomic E-state index is 0.345. The van der Waals surface area contributed by atoms with E-state index >= 15 is 0 Å². The van der Waals surface area contributed by atoms with Crippen LogP contribution in [0, 0.1) is 0 Å². The second-order valence-electron chi connectivity index (χ2n) is 4.89. The van der Waals surface area contributed by atoms with Crippen LogP contribution < -0.4 is 5.32 Å². The first kappa shape index (κ1) is 17.4. The number of methoxy groups -OCH3 is 1. The van der Waals surface area contributed by atoms with Crippen LogP contribution in [-0.4, -0.2) is 60.9 Å². The summed E-state index contributed by atoms with van der Waals surface area (Å²) in [5, 5.41) is 12.4. The highest BCUT2D eigenvalue weighted by Gasteiger charge is 2.35. The smallest absolute Gasteiger partial charge is 0.324 e. The van der Waals surface area contributed by atoms with Gasteiger partial charge in [0.15, 0.2) is 0 Å². The zero-order valence-electron chi connectivity index (χ0n) is 12.3. The maximum absolute atomic E-state index is 11.4. The molecule has 0 fully saturated rings. The number of nitrogens with one attached hydrogen (secondary N) is 1. The fourth-order valence-corrected chi connectivity index (χ4v) is 1.92. The number of ether oxygens (including phenoxy) is 1. The Labute approximate surface area is 110 Å². The van der Waals surface area contributed by atoms with Gasteiger partial charge in [-0.25, -0.2) is 0 Å². The van der Waals surface area contributed by atoms with Crippen molar-refractivity contribution < 1.29 is 14.6 Å². The summed E-state index contributed by atoms with van der Waals surface area (Å²) < 4.78 is 5.09. The predicted molar refractivity (Wildman–Crippen MR) is 72.9 cm³/mol. The number of aliphatic carboxylic acids is 1. The summed E-state index contributed by atoms with van der Waals surface area (Å²) in [6.45, 7) is 10.4. The zero-order valence-corrected chi connectivity index (χ0v) is 12.3. The van der Waals surface area contributed by atoms with Gasteiger partial charge in [0.2, 0.25) is 0 Å². The summed E-state index contributed by atoms with van der Waals surface area (Å²) in [6.07, 6.45) is 0.992. The highest BCUT2D eigenvalue weighted by molar-refractivity contribution is 5.78. The fraction of sp³-hybridized carbons (Fsp3) is 0.923. The van der Waals surface area contributed by atoms with Crippen LogP contribution in [0.25, 0.3) is 0 Å². The molecule has 5 nitrogen and oxygen atoms in total. The van der Waals surface area contributed by atoms with Crippen molar-refractivity contribution in [3.8, 4) is 0 Å². The molecule has 0 spiro atoms. The lowest BCUT2D eigenvalue weighted by molar-refractivity contribution is -0.145. The van der Waals surface area contributed by atoms with Crippen molar-refractivity contribution in [3.05, 3.63) is 0 Å². The minimum Gasteiger partial charge on any atom is -0.480 e. The lowest BCUT2D eigenvalue weighted by Gasteiger charge is -2.36. The van der Waals surface area contributed by atoms with E-state index in [1.807, 2.05) is 6.92 Å². The van der Waals surface area contributed by atoms with E-state index in [1.165, 1.54) is 0 Å². The molecule has 0 saturated carbocycles. The molecule has 0 aliphatic rings. The Kier molecular flexibility index (Phi) is 8.15. The van der Waals surface area contributed by atoms with E-state index in [9.17, 15) is 9.90 Å². The van der Waals surface area contributed by atoms with E-state index in [0.717, 1.165) is 13.0 Å². The van der Waals surface area contributed by atoms with E-state index in [-0.39, 0.29) is 0 Å². The number of hydrogen-bond donors (Lipinski definition) is 2. The normalized spacial score (nSPS) is 16.6. The molecule has 2 atom stereocenters. The van der Waals surface area contributed by atoms with E-state index in [1.54, 1.807) is 14.0 Å². The summed E-state index contributed by atoms with van der Waals surface area (Å²) in [7, 11) is 1.66. The van der Waals surface area contributed by atoms with Gasteiger partial charge in [0.1, 0.15) is 5.54 Å². The van der Waals surface area contributed by atoms with Crippen LogP contribution in [0.2, 0.25) is 0 Å². The molecule has 0 aromatic heterocycles. The fourth-order valence-electron chi connectivity index (χ4n) is 1.92.